The van der Waals surface area contributed by atoms with Crippen LogP contribution in [-0.4, -0.2) is 16.5 Å². The molecule has 0 amide bonds. The summed E-state index contributed by atoms with van der Waals surface area (Å²) < 4.78 is 0. The van der Waals surface area contributed by atoms with Crippen molar-refractivity contribution in [1.82, 2.24) is 0 Å². The SMILES string of the molecule is Cc1ccc(C2=CC(=O)C[C@](C)(O)C2)cc1. The molecule has 0 aliphatic heterocycles. The fourth-order valence-electron chi connectivity index (χ4n) is 2.10. The normalized spacial score (nSPS) is 25.4. The molecule has 2 rings (SSSR count). The lowest BCUT2D eigenvalue weighted by Gasteiger charge is -2.27. The average molecular weight is 216 g/mol. The number of hydrogen-bond acceptors (Lipinski definition) is 2. The van der Waals surface area contributed by atoms with Crippen LogP contribution in [0, 0.1) is 6.92 Å². The van der Waals surface area contributed by atoms with Gasteiger partial charge in [0, 0.05) is 12.8 Å². The van der Waals surface area contributed by atoms with Crippen molar-refractivity contribution < 1.29 is 9.90 Å². The minimum Gasteiger partial charge on any atom is -0.389 e. The highest BCUT2D eigenvalue weighted by Gasteiger charge is 2.29. The van der Waals surface area contributed by atoms with Gasteiger partial charge < -0.3 is 5.11 Å². The van der Waals surface area contributed by atoms with Gasteiger partial charge in [0.05, 0.1) is 5.60 Å². The number of benzene rings is 1. The van der Waals surface area contributed by atoms with Crippen LogP contribution in [0.25, 0.3) is 5.57 Å². The van der Waals surface area contributed by atoms with Crippen LogP contribution in [0.3, 0.4) is 0 Å². The predicted octanol–water partition coefficient (Wildman–Crippen LogP) is 2.49. The third-order valence-corrected chi connectivity index (χ3v) is 2.88. The van der Waals surface area contributed by atoms with Gasteiger partial charge in [-0.25, -0.2) is 0 Å². The van der Waals surface area contributed by atoms with E-state index in [1.807, 2.05) is 31.2 Å². The molecule has 2 heteroatoms. The monoisotopic (exact) mass is 216 g/mol. The number of carbonyl (C=O) groups excluding carboxylic acids is 1. The second-order valence-corrected chi connectivity index (χ2v) is 4.85. The average Bonchev–Trinajstić information content (AvgIpc) is 2.15. The van der Waals surface area contributed by atoms with Gasteiger partial charge in [0.25, 0.3) is 0 Å². The first-order valence-corrected chi connectivity index (χ1v) is 5.49. The van der Waals surface area contributed by atoms with Gasteiger partial charge in [0.15, 0.2) is 5.78 Å². The molecule has 0 heterocycles. The predicted molar refractivity (Wildman–Crippen MR) is 64.0 cm³/mol. The lowest BCUT2D eigenvalue weighted by Crippen LogP contribution is -2.30. The Morgan fingerprint density at radius 1 is 1.19 bits per heavy atom. The summed E-state index contributed by atoms with van der Waals surface area (Å²) in [6, 6.07) is 8.03. The van der Waals surface area contributed by atoms with E-state index in [0.717, 1.165) is 11.1 Å². The number of aliphatic hydroxyl groups is 1. The van der Waals surface area contributed by atoms with Crippen LogP contribution in [0.15, 0.2) is 30.3 Å². The summed E-state index contributed by atoms with van der Waals surface area (Å²) >= 11 is 0. The minimum atomic E-state index is -0.897. The van der Waals surface area contributed by atoms with Crippen LogP contribution < -0.4 is 0 Å². The van der Waals surface area contributed by atoms with Crippen molar-refractivity contribution in [1.29, 1.82) is 0 Å². The van der Waals surface area contributed by atoms with E-state index in [4.69, 9.17) is 0 Å². The molecule has 0 saturated carbocycles. The molecular weight excluding hydrogens is 200 g/mol. The third kappa shape index (κ3) is 2.39. The summed E-state index contributed by atoms with van der Waals surface area (Å²) in [6.45, 7) is 3.74. The zero-order valence-electron chi connectivity index (χ0n) is 9.66. The number of hydrogen-bond donors (Lipinski definition) is 1. The van der Waals surface area contributed by atoms with Crippen molar-refractivity contribution in [3.05, 3.63) is 41.5 Å². The van der Waals surface area contributed by atoms with E-state index >= 15 is 0 Å². The van der Waals surface area contributed by atoms with Gasteiger partial charge in [-0.2, -0.15) is 0 Å². The second-order valence-electron chi connectivity index (χ2n) is 4.85. The minimum absolute atomic E-state index is 0.00632. The summed E-state index contributed by atoms with van der Waals surface area (Å²) in [6.07, 6.45) is 2.42. The van der Waals surface area contributed by atoms with E-state index in [9.17, 15) is 9.90 Å². The van der Waals surface area contributed by atoms with E-state index in [1.54, 1.807) is 13.0 Å². The van der Waals surface area contributed by atoms with Crippen molar-refractivity contribution in [2.75, 3.05) is 0 Å². The number of allylic oxidation sites excluding steroid dienone is 1. The molecule has 16 heavy (non-hydrogen) atoms. The third-order valence-electron chi connectivity index (χ3n) is 2.88. The van der Waals surface area contributed by atoms with E-state index in [0.29, 0.717) is 6.42 Å². The Balaban J connectivity index is 2.34. The van der Waals surface area contributed by atoms with Crippen molar-refractivity contribution in [2.24, 2.45) is 0 Å². The smallest absolute Gasteiger partial charge is 0.158 e. The van der Waals surface area contributed by atoms with E-state index < -0.39 is 5.60 Å². The van der Waals surface area contributed by atoms with Crippen LogP contribution in [0.4, 0.5) is 0 Å². The van der Waals surface area contributed by atoms with Crippen LogP contribution in [0.5, 0.6) is 0 Å². The molecule has 1 atom stereocenters. The Morgan fingerprint density at radius 2 is 1.81 bits per heavy atom. The molecule has 0 unspecified atom stereocenters. The first-order chi connectivity index (χ1) is 7.46. The van der Waals surface area contributed by atoms with Gasteiger partial charge in [-0.1, -0.05) is 29.8 Å². The molecular formula is C14H16O2. The number of rotatable bonds is 1. The van der Waals surface area contributed by atoms with Gasteiger partial charge in [-0.3, -0.25) is 4.79 Å². The van der Waals surface area contributed by atoms with E-state index in [1.165, 1.54) is 5.56 Å². The standard InChI is InChI=1S/C14H16O2/c1-10-3-5-11(6-4-10)12-7-13(15)9-14(2,16)8-12/h3-7,16H,8-9H2,1-2H3/t14-/m1/s1. The Kier molecular flexibility index (Phi) is 2.68. The van der Waals surface area contributed by atoms with Gasteiger partial charge >= 0.3 is 0 Å². The highest BCUT2D eigenvalue weighted by molar-refractivity contribution is 5.99. The molecule has 0 bridgehead atoms. The maximum Gasteiger partial charge on any atom is 0.158 e. The molecule has 0 fully saturated rings. The molecule has 1 aliphatic carbocycles. The molecule has 1 aliphatic rings. The van der Waals surface area contributed by atoms with E-state index in [2.05, 4.69) is 0 Å². The summed E-state index contributed by atoms with van der Waals surface area (Å²) in [5.41, 5.74) is 2.25. The number of carbonyl (C=O) groups is 1. The molecule has 1 aromatic carbocycles. The molecule has 0 spiro atoms. The highest BCUT2D eigenvalue weighted by atomic mass is 16.3. The summed E-state index contributed by atoms with van der Waals surface area (Å²) in [7, 11) is 0. The topological polar surface area (TPSA) is 37.3 Å². The Morgan fingerprint density at radius 3 is 2.38 bits per heavy atom. The fourth-order valence-corrected chi connectivity index (χ4v) is 2.10. The first kappa shape index (κ1) is 11.1. The maximum atomic E-state index is 11.5. The van der Waals surface area contributed by atoms with Gasteiger partial charge in [0.1, 0.15) is 0 Å². The quantitative estimate of drug-likeness (QED) is 0.783. The number of ketones is 1. The summed E-state index contributed by atoms with van der Waals surface area (Å²) in [4.78, 5) is 11.5. The maximum absolute atomic E-state index is 11.5. The molecule has 1 N–H and O–H groups in total. The Bertz CT molecular complexity index is 438. The van der Waals surface area contributed by atoms with Gasteiger partial charge in [-0.15, -0.1) is 0 Å². The Hall–Kier alpha value is -1.41. The lowest BCUT2D eigenvalue weighted by molar-refractivity contribution is -0.119. The van der Waals surface area contributed by atoms with Crippen LogP contribution in [0.2, 0.25) is 0 Å². The fraction of sp³-hybridized carbons (Fsp3) is 0.357. The van der Waals surface area contributed by atoms with Crippen molar-refractivity contribution in [3.63, 3.8) is 0 Å². The van der Waals surface area contributed by atoms with Crippen LogP contribution in [0.1, 0.15) is 30.9 Å². The highest BCUT2D eigenvalue weighted by Crippen LogP contribution is 2.32. The van der Waals surface area contributed by atoms with Crippen LogP contribution in [-0.2, 0) is 4.79 Å². The molecule has 1 aromatic rings. The van der Waals surface area contributed by atoms with Crippen molar-refractivity contribution >= 4 is 11.4 Å². The number of aryl methyl sites for hydroxylation is 1. The van der Waals surface area contributed by atoms with Gasteiger partial charge in [0.2, 0.25) is 0 Å². The first-order valence-electron chi connectivity index (χ1n) is 5.49. The Labute approximate surface area is 95.6 Å². The largest absolute Gasteiger partial charge is 0.389 e. The van der Waals surface area contributed by atoms with E-state index in [-0.39, 0.29) is 12.2 Å². The van der Waals surface area contributed by atoms with Gasteiger partial charge in [-0.05, 0) is 31.1 Å². The zero-order chi connectivity index (χ0) is 11.8. The molecule has 2 nitrogen and oxygen atoms in total. The second kappa shape index (κ2) is 3.87. The lowest BCUT2D eigenvalue weighted by atomic mass is 9.82. The summed E-state index contributed by atoms with van der Waals surface area (Å²) in [5, 5.41) is 9.97. The molecule has 0 radical (unpaired) electrons. The molecule has 0 aromatic heterocycles. The molecule has 84 valence electrons. The zero-order valence-corrected chi connectivity index (χ0v) is 9.66. The summed E-state index contributed by atoms with van der Waals surface area (Å²) in [5.74, 6) is 0.00632. The molecule has 0 saturated heterocycles. The van der Waals surface area contributed by atoms with Crippen LogP contribution >= 0.6 is 0 Å². The van der Waals surface area contributed by atoms with Crippen molar-refractivity contribution in [3.8, 4) is 0 Å². The van der Waals surface area contributed by atoms with Crippen molar-refractivity contribution in [2.45, 2.75) is 32.3 Å².